The number of benzene rings is 1. The summed E-state index contributed by atoms with van der Waals surface area (Å²) in [5.74, 6) is 0.382. The zero-order valence-corrected chi connectivity index (χ0v) is 11.3. The highest BCUT2D eigenvalue weighted by molar-refractivity contribution is 9.10. The second-order valence-electron chi connectivity index (χ2n) is 3.68. The molecule has 0 amide bonds. The summed E-state index contributed by atoms with van der Waals surface area (Å²) in [5.41, 5.74) is 5.16. The van der Waals surface area contributed by atoms with Crippen molar-refractivity contribution in [3.05, 3.63) is 32.8 Å². The molecular formula is C11H14BrN3O3. The molecule has 0 bridgehead atoms. The van der Waals surface area contributed by atoms with E-state index in [1.807, 2.05) is 0 Å². The number of nitrogens with zero attached hydrogens (tertiary/aromatic N) is 1. The lowest BCUT2D eigenvalue weighted by Gasteiger charge is -2.08. The maximum atomic E-state index is 10.8. The highest BCUT2D eigenvalue weighted by Gasteiger charge is 2.17. The first-order valence-corrected chi connectivity index (χ1v) is 6.20. The number of nitrogens with two attached hydrogens (primary N) is 1. The lowest BCUT2D eigenvalue weighted by molar-refractivity contribution is -0.386. The second-order valence-corrected chi connectivity index (χ2v) is 4.53. The van der Waals surface area contributed by atoms with Crippen molar-refractivity contribution in [2.45, 2.75) is 19.3 Å². The minimum absolute atomic E-state index is 0.0593. The van der Waals surface area contributed by atoms with Gasteiger partial charge in [0.25, 0.3) is 0 Å². The van der Waals surface area contributed by atoms with Gasteiger partial charge in [0, 0.05) is 12.5 Å². The zero-order chi connectivity index (χ0) is 13.5. The minimum atomic E-state index is -0.477. The number of hydrogen-bond donors (Lipinski definition) is 2. The summed E-state index contributed by atoms with van der Waals surface area (Å²) >= 11 is 3.22. The van der Waals surface area contributed by atoms with Crippen LogP contribution in [0.5, 0.6) is 5.75 Å². The van der Waals surface area contributed by atoms with E-state index in [9.17, 15) is 10.1 Å². The van der Waals surface area contributed by atoms with E-state index in [-0.39, 0.29) is 17.3 Å². The Hall–Kier alpha value is -1.63. The molecule has 0 fully saturated rings. The van der Waals surface area contributed by atoms with Gasteiger partial charge in [0.15, 0.2) is 0 Å². The van der Waals surface area contributed by atoms with E-state index in [1.54, 1.807) is 12.1 Å². The Labute approximate surface area is 113 Å². The van der Waals surface area contributed by atoms with Crippen LogP contribution in [0.3, 0.4) is 0 Å². The normalized spacial score (nSPS) is 10.1. The topological polar surface area (TPSA) is 102 Å². The summed E-state index contributed by atoms with van der Waals surface area (Å²) in [6.07, 6.45) is 1.94. The Morgan fingerprint density at radius 2 is 2.22 bits per heavy atom. The maximum absolute atomic E-state index is 10.8. The lowest BCUT2D eigenvalue weighted by atomic mass is 10.2. The first-order valence-electron chi connectivity index (χ1n) is 5.41. The second kappa shape index (κ2) is 6.95. The molecule has 0 aromatic heterocycles. The van der Waals surface area contributed by atoms with Gasteiger partial charge in [-0.05, 0) is 34.8 Å². The van der Waals surface area contributed by atoms with Crippen LogP contribution in [0.25, 0.3) is 0 Å². The van der Waals surface area contributed by atoms with E-state index in [0.29, 0.717) is 23.9 Å². The van der Waals surface area contributed by atoms with Crippen LogP contribution in [0.2, 0.25) is 0 Å². The maximum Gasteiger partial charge on any atom is 0.312 e. The molecule has 1 aromatic carbocycles. The van der Waals surface area contributed by atoms with Crippen molar-refractivity contribution in [1.29, 1.82) is 5.41 Å². The van der Waals surface area contributed by atoms with Crippen LogP contribution in [0.1, 0.15) is 19.3 Å². The number of nitro groups is 1. The molecule has 0 aliphatic carbocycles. The van der Waals surface area contributed by atoms with Gasteiger partial charge >= 0.3 is 5.69 Å². The van der Waals surface area contributed by atoms with Crippen LogP contribution in [-0.2, 0) is 0 Å². The van der Waals surface area contributed by atoms with Crippen molar-refractivity contribution in [3.63, 3.8) is 0 Å². The van der Waals surface area contributed by atoms with E-state index in [0.717, 1.165) is 6.42 Å². The third-order valence-corrected chi connectivity index (χ3v) is 2.85. The number of nitrogens with one attached hydrogen (secondary N) is 1. The predicted molar refractivity (Wildman–Crippen MR) is 72.1 cm³/mol. The van der Waals surface area contributed by atoms with Crippen molar-refractivity contribution in [2.75, 3.05) is 6.61 Å². The van der Waals surface area contributed by atoms with Gasteiger partial charge in [-0.1, -0.05) is 6.07 Å². The largest absolute Gasteiger partial charge is 0.486 e. The van der Waals surface area contributed by atoms with Crippen molar-refractivity contribution in [1.82, 2.24) is 0 Å². The molecule has 0 unspecified atom stereocenters. The number of hydrogen-bond acceptors (Lipinski definition) is 4. The van der Waals surface area contributed by atoms with Gasteiger partial charge in [-0.2, -0.15) is 0 Å². The van der Waals surface area contributed by atoms with Gasteiger partial charge in [0.1, 0.15) is 0 Å². The Kier molecular flexibility index (Phi) is 5.57. The molecule has 0 radical (unpaired) electrons. The average Bonchev–Trinajstić information content (AvgIpc) is 2.29. The Bertz CT molecular complexity index is 451. The number of halogens is 1. The molecular weight excluding hydrogens is 302 g/mol. The monoisotopic (exact) mass is 315 g/mol. The summed E-state index contributed by atoms with van der Waals surface area (Å²) in [6.45, 7) is 0.358. The van der Waals surface area contributed by atoms with E-state index in [2.05, 4.69) is 15.9 Å². The first-order chi connectivity index (χ1) is 8.52. The average molecular weight is 316 g/mol. The smallest absolute Gasteiger partial charge is 0.312 e. The molecule has 0 spiro atoms. The van der Waals surface area contributed by atoms with Gasteiger partial charge in [-0.15, -0.1) is 0 Å². The number of ether oxygens (including phenoxy) is 1. The summed E-state index contributed by atoms with van der Waals surface area (Å²) in [6, 6.07) is 4.68. The quantitative estimate of drug-likeness (QED) is 0.265. The highest BCUT2D eigenvalue weighted by atomic mass is 79.9. The SMILES string of the molecule is N=C(N)CCCCOc1c(Br)cccc1[N+](=O)[O-]. The molecule has 1 rings (SSSR count). The van der Waals surface area contributed by atoms with Gasteiger partial charge in [0.2, 0.25) is 5.75 Å². The van der Waals surface area contributed by atoms with Crippen molar-refractivity contribution in [3.8, 4) is 5.75 Å². The van der Waals surface area contributed by atoms with Crippen LogP contribution in [-0.4, -0.2) is 17.4 Å². The minimum Gasteiger partial charge on any atom is -0.486 e. The van der Waals surface area contributed by atoms with Crippen molar-refractivity contribution < 1.29 is 9.66 Å². The molecule has 18 heavy (non-hydrogen) atoms. The zero-order valence-electron chi connectivity index (χ0n) is 9.69. The summed E-state index contributed by atoms with van der Waals surface area (Å²) in [5, 5.41) is 17.9. The number of para-hydroxylation sites is 1. The third-order valence-electron chi connectivity index (χ3n) is 2.23. The summed E-state index contributed by atoms with van der Waals surface area (Å²) in [7, 11) is 0. The number of amidine groups is 1. The van der Waals surface area contributed by atoms with E-state index >= 15 is 0 Å². The lowest BCUT2D eigenvalue weighted by Crippen LogP contribution is -2.09. The standard InChI is InChI=1S/C11H14BrN3O3/c12-8-4-3-5-9(15(16)17)11(8)18-7-2-1-6-10(13)14/h3-5H,1-2,6-7H2,(H3,13,14). The Morgan fingerprint density at radius 1 is 1.50 bits per heavy atom. The van der Waals surface area contributed by atoms with Crippen LogP contribution in [0, 0.1) is 15.5 Å². The summed E-state index contributed by atoms with van der Waals surface area (Å²) < 4.78 is 5.97. The number of nitro benzene ring substituents is 1. The van der Waals surface area contributed by atoms with Gasteiger partial charge in [0.05, 0.1) is 21.8 Å². The van der Waals surface area contributed by atoms with Crippen LogP contribution < -0.4 is 10.5 Å². The molecule has 6 nitrogen and oxygen atoms in total. The molecule has 1 aromatic rings. The predicted octanol–water partition coefficient (Wildman–Crippen LogP) is 2.84. The molecule has 0 heterocycles. The first kappa shape index (κ1) is 14.4. The number of unbranched alkanes of at least 4 members (excludes halogenated alkanes) is 1. The molecule has 0 saturated carbocycles. The van der Waals surface area contributed by atoms with Crippen molar-refractivity contribution >= 4 is 27.5 Å². The van der Waals surface area contributed by atoms with Crippen LogP contribution in [0.4, 0.5) is 5.69 Å². The molecule has 0 saturated heterocycles. The van der Waals surface area contributed by atoms with Crippen molar-refractivity contribution in [2.24, 2.45) is 5.73 Å². The molecule has 0 atom stereocenters. The molecule has 0 aliphatic rings. The van der Waals surface area contributed by atoms with Gasteiger partial charge in [-0.3, -0.25) is 15.5 Å². The van der Waals surface area contributed by atoms with Gasteiger partial charge < -0.3 is 10.5 Å². The molecule has 98 valence electrons. The van der Waals surface area contributed by atoms with E-state index < -0.39 is 4.92 Å². The Morgan fingerprint density at radius 3 is 2.83 bits per heavy atom. The molecule has 0 aliphatic heterocycles. The Balaban J connectivity index is 2.56. The van der Waals surface area contributed by atoms with Crippen LogP contribution >= 0.6 is 15.9 Å². The van der Waals surface area contributed by atoms with Crippen LogP contribution in [0.15, 0.2) is 22.7 Å². The number of rotatable bonds is 7. The fourth-order valence-corrected chi connectivity index (χ4v) is 1.85. The summed E-state index contributed by atoms with van der Waals surface area (Å²) in [4.78, 5) is 10.3. The molecule has 7 heteroatoms. The third kappa shape index (κ3) is 4.33. The highest BCUT2D eigenvalue weighted by Crippen LogP contribution is 2.34. The van der Waals surface area contributed by atoms with Gasteiger partial charge in [-0.25, -0.2) is 0 Å². The fraction of sp³-hybridized carbons (Fsp3) is 0.364. The van der Waals surface area contributed by atoms with E-state index in [4.69, 9.17) is 15.9 Å². The molecule has 3 N–H and O–H groups in total. The fourth-order valence-electron chi connectivity index (χ4n) is 1.38. The van der Waals surface area contributed by atoms with E-state index in [1.165, 1.54) is 6.07 Å².